The molecule has 0 spiro atoms. The van der Waals surface area contributed by atoms with Crippen LogP contribution in [0.3, 0.4) is 0 Å². The first-order valence-electron chi connectivity index (χ1n) is 5.65. The van der Waals surface area contributed by atoms with E-state index in [0.29, 0.717) is 10.0 Å². The smallest absolute Gasteiger partial charge is 0.305 e. The lowest BCUT2D eigenvalue weighted by Crippen LogP contribution is -2.10. The van der Waals surface area contributed by atoms with Crippen LogP contribution in [0.4, 0.5) is 11.6 Å². The minimum Gasteiger partial charge on any atom is -0.348 e. The van der Waals surface area contributed by atoms with E-state index in [2.05, 4.69) is 15.3 Å². The predicted molar refractivity (Wildman–Crippen MR) is 77.2 cm³/mol. The van der Waals surface area contributed by atoms with Gasteiger partial charge in [0.1, 0.15) is 12.4 Å². The number of benzene rings is 1. The molecule has 0 aliphatic carbocycles. The van der Waals surface area contributed by atoms with E-state index in [1.165, 1.54) is 0 Å². The van der Waals surface area contributed by atoms with Gasteiger partial charge in [0.2, 0.25) is 5.95 Å². The summed E-state index contributed by atoms with van der Waals surface area (Å²) in [5.41, 5.74) is 0.672. The van der Waals surface area contributed by atoms with Crippen molar-refractivity contribution in [2.75, 3.05) is 5.32 Å². The van der Waals surface area contributed by atoms with Gasteiger partial charge < -0.3 is 5.32 Å². The summed E-state index contributed by atoms with van der Waals surface area (Å²) in [6, 6.07) is 5.01. The highest BCUT2D eigenvalue weighted by atomic mass is 35.5. The van der Waals surface area contributed by atoms with Crippen LogP contribution in [0, 0.1) is 10.1 Å². The third-order valence-electron chi connectivity index (χ3n) is 2.62. The van der Waals surface area contributed by atoms with Gasteiger partial charge in [0, 0.05) is 10.0 Å². The van der Waals surface area contributed by atoms with Gasteiger partial charge in [-0.1, -0.05) is 29.3 Å². The molecule has 2 rings (SSSR count). The number of hydrogen-bond donors (Lipinski definition) is 1. The summed E-state index contributed by atoms with van der Waals surface area (Å²) in [6.07, 6.45) is 2.29. The molecule has 0 amide bonds. The van der Waals surface area contributed by atoms with Gasteiger partial charge in [-0.15, -0.1) is 0 Å². The van der Waals surface area contributed by atoms with Crippen LogP contribution >= 0.6 is 23.2 Å². The van der Waals surface area contributed by atoms with Gasteiger partial charge in [0.25, 0.3) is 0 Å². The minimum absolute atomic E-state index is 0.160. The zero-order valence-corrected chi connectivity index (χ0v) is 11.9. The van der Waals surface area contributed by atoms with Crippen molar-refractivity contribution in [3.8, 4) is 0 Å². The third-order valence-corrected chi connectivity index (χ3v) is 3.19. The Hall–Kier alpha value is -1.92. The lowest BCUT2D eigenvalue weighted by molar-refractivity contribution is -0.385. The molecule has 0 bridgehead atoms. The Balaban J connectivity index is 2.14. The number of rotatable bonds is 4. The molecule has 0 fully saturated rings. The van der Waals surface area contributed by atoms with E-state index in [-0.39, 0.29) is 17.7 Å². The zero-order valence-electron chi connectivity index (χ0n) is 10.4. The fraction of sp³-hybridized carbons (Fsp3) is 0.167. The van der Waals surface area contributed by atoms with Crippen molar-refractivity contribution >= 4 is 34.8 Å². The molecular weight excluding hydrogens is 303 g/mol. The Bertz CT molecular complexity index is 634. The highest BCUT2D eigenvalue weighted by Crippen LogP contribution is 2.27. The van der Waals surface area contributed by atoms with Crippen LogP contribution in [0.15, 0.2) is 30.6 Å². The van der Waals surface area contributed by atoms with Crippen LogP contribution < -0.4 is 5.32 Å². The fourth-order valence-electron chi connectivity index (χ4n) is 1.61. The lowest BCUT2D eigenvalue weighted by atomic mass is 10.1. The van der Waals surface area contributed by atoms with E-state index in [4.69, 9.17) is 23.2 Å². The molecule has 8 heteroatoms. The Kier molecular flexibility index (Phi) is 4.36. The molecule has 1 N–H and O–H groups in total. The SMILES string of the molecule is CC(Nc1ncc([N+](=O)[O-])cn1)c1ccc(Cl)cc1Cl. The molecule has 104 valence electrons. The number of hydrogen-bond acceptors (Lipinski definition) is 5. The van der Waals surface area contributed by atoms with Gasteiger partial charge in [-0.2, -0.15) is 0 Å². The molecule has 0 aliphatic rings. The third kappa shape index (κ3) is 3.34. The summed E-state index contributed by atoms with van der Waals surface area (Å²) >= 11 is 11.9. The molecule has 0 aliphatic heterocycles. The molecule has 2 aromatic rings. The number of nitrogens with one attached hydrogen (secondary N) is 1. The van der Waals surface area contributed by atoms with Gasteiger partial charge in [-0.05, 0) is 24.6 Å². The van der Waals surface area contributed by atoms with E-state index in [1.54, 1.807) is 18.2 Å². The van der Waals surface area contributed by atoms with Gasteiger partial charge in [0.05, 0.1) is 11.0 Å². The quantitative estimate of drug-likeness (QED) is 0.684. The maximum atomic E-state index is 10.5. The van der Waals surface area contributed by atoms with E-state index < -0.39 is 4.92 Å². The first kappa shape index (κ1) is 14.5. The lowest BCUT2D eigenvalue weighted by Gasteiger charge is -2.15. The molecule has 6 nitrogen and oxygen atoms in total. The Labute approximate surface area is 124 Å². The monoisotopic (exact) mass is 312 g/mol. The maximum absolute atomic E-state index is 10.5. The van der Waals surface area contributed by atoms with Crippen molar-refractivity contribution in [3.05, 3.63) is 56.3 Å². The molecule has 1 aromatic carbocycles. The molecule has 1 aromatic heterocycles. The number of aromatic nitrogens is 2. The number of nitrogens with zero attached hydrogens (tertiary/aromatic N) is 3. The van der Waals surface area contributed by atoms with Crippen LogP contribution in [-0.4, -0.2) is 14.9 Å². The van der Waals surface area contributed by atoms with Crippen LogP contribution in [-0.2, 0) is 0 Å². The first-order chi connectivity index (χ1) is 9.47. The van der Waals surface area contributed by atoms with Gasteiger partial charge in [0.15, 0.2) is 0 Å². The number of anilines is 1. The second kappa shape index (κ2) is 6.02. The van der Waals surface area contributed by atoms with Gasteiger partial charge in [-0.3, -0.25) is 10.1 Å². The Morgan fingerprint density at radius 2 is 1.95 bits per heavy atom. The molecule has 0 saturated carbocycles. The number of nitro groups is 1. The summed E-state index contributed by atoms with van der Waals surface area (Å²) < 4.78 is 0. The summed E-state index contributed by atoms with van der Waals surface area (Å²) in [4.78, 5) is 17.7. The van der Waals surface area contributed by atoms with E-state index >= 15 is 0 Å². The van der Waals surface area contributed by atoms with E-state index in [1.807, 2.05) is 6.92 Å². The second-order valence-corrected chi connectivity index (χ2v) is 4.90. The van der Waals surface area contributed by atoms with Crippen molar-refractivity contribution in [1.29, 1.82) is 0 Å². The zero-order chi connectivity index (χ0) is 14.7. The van der Waals surface area contributed by atoms with Crippen molar-refractivity contribution in [2.45, 2.75) is 13.0 Å². The Morgan fingerprint density at radius 3 is 2.50 bits per heavy atom. The molecule has 0 radical (unpaired) electrons. The highest BCUT2D eigenvalue weighted by Gasteiger charge is 2.12. The van der Waals surface area contributed by atoms with Crippen LogP contribution in [0.25, 0.3) is 0 Å². The highest BCUT2D eigenvalue weighted by molar-refractivity contribution is 6.35. The van der Waals surface area contributed by atoms with Crippen molar-refractivity contribution < 1.29 is 4.92 Å². The average molecular weight is 313 g/mol. The maximum Gasteiger partial charge on any atom is 0.305 e. The topological polar surface area (TPSA) is 81.0 Å². The van der Waals surface area contributed by atoms with Gasteiger partial charge in [-0.25, -0.2) is 9.97 Å². The van der Waals surface area contributed by atoms with Crippen LogP contribution in [0.5, 0.6) is 0 Å². The second-order valence-electron chi connectivity index (χ2n) is 4.05. The van der Waals surface area contributed by atoms with Crippen LogP contribution in [0.2, 0.25) is 10.0 Å². The first-order valence-corrected chi connectivity index (χ1v) is 6.41. The molecular formula is C12H10Cl2N4O2. The standard InChI is InChI=1S/C12H10Cl2N4O2/c1-7(10-3-2-8(13)4-11(10)14)17-12-15-5-9(6-16-12)18(19)20/h2-7H,1H3,(H,15,16,17). The van der Waals surface area contributed by atoms with Crippen molar-refractivity contribution in [2.24, 2.45) is 0 Å². The normalized spacial score (nSPS) is 11.9. The Morgan fingerprint density at radius 1 is 1.30 bits per heavy atom. The summed E-state index contributed by atoms with van der Waals surface area (Å²) in [6.45, 7) is 1.87. The molecule has 1 unspecified atom stereocenters. The van der Waals surface area contributed by atoms with Crippen molar-refractivity contribution in [3.63, 3.8) is 0 Å². The van der Waals surface area contributed by atoms with Crippen LogP contribution in [0.1, 0.15) is 18.5 Å². The summed E-state index contributed by atoms with van der Waals surface area (Å²) in [7, 11) is 0. The van der Waals surface area contributed by atoms with E-state index in [9.17, 15) is 10.1 Å². The number of halogens is 2. The molecule has 20 heavy (non-hydrogen) atoms. The fourth-order valence-corrected chi connectivity index (χ4v) is 2.19. The predicted octanol–water partition coefficient (Wildman–Crippen LogP) is 3.86. The minimum atomic E-state index is -0.552. The molecule has 0 saturated heterocycles. The largest absolute Gasteiger partial charge is 0.348 e. The molecule has 1 heterocycles. The van der Waals surface area contributed by atoms with E-state index in [0.717, 1.165) is 18.0 Å². The molecule has 1 atom stereocenters. The average Bonchev–Trinajstić information content (AvgIpc) is 2.39. The summed E-state index contributed by atoms with van der Waals surface area (Å²) in [5.74, 6) is 0.286. The van der Waals surface area contributed by atoms with Gasteiger partial charge >= 0.3 is 5.69 Å². The summed E-state index contributed by atoms with van der Waals surface area (Å²) in [5, 5.41) is 14.6. The van der Waals surface area contributed by atoms with Crippen molar-refractivity contribution in [1.82, 2.24) is 9.97 Å².